The number of carbonyl (C=O) groups is 1. The van der Waals surface area contributed by atoms with E-state index in [2.05, 4.69) is 5.32 Å². The molecular weight excluding hydrogens is 321 g/mol. The highest BCUT2D eigenvalue weighted by Crippen LogP contribution is 2.31. The molecule has 0 aliphatic carbocycles. The Labute approximate surface area is 138 Å². The van der Waals surface area contributed by atoms with E-state index in [0.29, 0.717) is 31.1 Å². The summed E-state index contributed by atoms with van der Waals surface area (Å²) in [4.78, 5) is 11.9. The zero-order valence-electron chi connectivity index (χ0n) is 12.3. The van der Waals surface area contributed by atoms with Crippen LogP contribution in [0.25, 0.3) is 0 Å². The van der Waals surface area contributed by atoms with Crippen LogP contribution in [-0.2, 0) is 11.2 Å². The molecule has 0 unspecified atom stereocenters. The number of nitrogens with one attached hydrogen (secondary N) is 1. The molecule has 0 atom stereocenters. The number of hydrogen-bond donors (Lipinski definition) is 1. The van der Waals surface area contributed by atoms with Crippen LogP contribution in [0, 0.1) is 5.82 Å². The quantitative estimate of drug-likeness (QED) is 0.924. The first-order chi connectivity index (χ1) is 11.1. The molecule has 1 aliphatic rings. The lowest BCUT2D eigenvalue weighted by molar-refractivity contribution is -0.116. The molecule has 0 saturated carbocycles. The lowest BCUT2D eigenvalue weighted by Crippen LogP contribution is -2.16. The van der Waals surface area contributed by atoms with Gasteiger partial charge in [-0.15, -0.1) is 0 Å². The molecule has 0 fully saturated rings. The van der Waals surface area contributed by atoms with E-state index in [1.165, 1.54) is 12.1 Å². The number of hydrogen-bond acceptors (Lipinski definition) is 3. The number of carbonyl (C=O) groups excluding carboxylic acids is 1. The third-order valence-electron chi connectivity index (χ3n) is 3.45. The lowest BCUT2D eigenvalue weighted by Gasteiger charge is -2.18. The first-order valence-corrected chi connectivity index (χ1v) is 7.63. The van der Waals surface area contributed by atoms with Gasteiger partial charge in [0.1, 0.15) is 19.0 Å². The minimum absolute atomic E-state index is 0.126. The predicted octanol–water partition coefficient (Wildman–Crippen LogP) is 3.82. The van der Waals surface area contributed by atoms with Crippen LogP contribution in [0.2, 0.25) is 5.02 Å². The number of rotatable bonds is 4. The van der Waals surface area contributed by atoms with Crippen molar-refractivity contribution < 1.29 is 18.7 Å². The fourth-order valence-electron chi connectivity index (χ4n) is 2.30. The third-order valence-corrected chi connectivity index (χ3v) is 3.69. The average Bonchev–Trinajstić information content (AvgIpc) is 2.55. The molecule has 0 spiro atoms. The van der Waals surface area contributed by atoms with Gasteiger partial charge in [0.15, 0.2) is 11.5 Å². The predicted molar refractivity (Wildman–Crippen MR) is 85.8 cm³/mol. The van der Waals surface area contributed by atoms with Crippen LogP contribution in [0.1, 0.15) is 12.0 Å². The van der Waals surface area contributed by atoms with E-state index < -0.39 is 5.82 Å². The molecular formula is C17H15ClFNO3. The first kappa shape index (κ1) is 15.6. The standard InChI is InChI=1S/C17H15ClFNO3/c18-12-3-4-14(13(19)10-12)20-17(21)6-2-11-1-5-15-16(9-11)23-8-7-22-15/h1,3-5,9-10H,2,6-8H2,(H,20,21). The number of amides is 1. The van der Waals surface area contributed by atoms with Crippen molar-refractivity contribution in [1.82, 2.24) is 0 Å². The van der Waals surface area contributed by atoms with E-state index >= 15 is 0 Å². The second kappa shape index (κ2) is 6.87. The van der Waals surface area contributed by atoms with Crippen molar-refractivity contribution in [3.05, 3.63) is 52.8 Å². The second-order valence-electron chi connectivity index (χ2n) is 5.15. The van der Waals surface area contributed by atoms with Crippen LogP contribution in [0.3, 0.4) is 0 Å². The van der Waals surface area contributed by atoms with E-state index in [9.17, 15) is 9.18 Å². The van der Waals surface area contributed by atoms with Crippen LogP contribution in [-0.4, -0.2) is 19.1 Å². The molecule has 120 valence electrons. The number of aryl methyl sites for hydroxylation is 1. The van der Waals surface area contributed by atoms with E-state index in [1.54, 1.807) is 0 Å². The molecule has 1 heterocycles. The normalized spacial score (nSPS) is 12.8. The van der Waals surface area contributed by atoms with Crippen molar-refractivity contribution in [3.8, 4) is 11.5 Å². The maximum absolute atomic E-state index is 13.6. The van der Waals surface area contributed by atoms with Gasteiger partial charge in [-0.25, -0.2) is 4.39 Å². The van der Waals surface area contributed by atoms with Gasteiger partial charge in [-0.2, -0.15) is 0 Å². The summed E-state index contributed by atoms with van der Waals surface area (Å²) in [6.07, 6.45) is 0.763. The highest BCUT2D eigenvalue weighted by molar-refractivity contribution is 6.30. The lowest BCUT2D eigenvalue weighted by atomic mass is 10.1. The summed E-state index contributed by atoms with van der Waals surface area (Å²) in [5.74, 6) is 0.594. The summed E-state index contributed by atoms with van der Waals surface area (Å²) < 4.78 is 24.6. The zero-order chi connectivity index (χ0) is 16.2. The van der Waals surface area contributed by atoms with Crippen LogP contribution in [0.4, 0.5) is 10.1 Å². The Morgan fingerprint density at radius 2 is 1.91 bits per heavy atom. The smallest absolute Gasteiger partial charge is 0.224 e. The summed E-state index contributed by atoms with van der Waals surface area (Å²) >= 11 is 5.68. The van der Waals surface area contributed by atoms with Gasteiger partial charge in [0.25, 0.3) is 0 Å². The highest BCUT2D eigenvalue weighted by Gasteiger charge is 2.13. The molecule has 0 saturated heterocycles. The van der Waals surface area contributed by atoms with Gasteiger partial charge in [0.05, 0.1) is 5.69 Å². The summed E-state index contributed by atoms with van der Waals surface area (Å²) in [5, 5.41) is 2.83. The Morgan fingerprint density at radius 1 is 1.13 bits per heavy atom. The minimum Gasteiger partial charge on any atom is -0.486 e. The van der Waals surface area contributed by atoms with Crippen LogP contribution >= 0.6 is 11.6 Å². The first-order valence-electron chi connectivity index (χ1n) is 7.25. The molecule has 3 rings (SSSR count). The van der Waals surface area contributed by atoms with Gasteiger partial charge in [-0.1, -0.05) is 17.7 Å². The monoisotopic (exact) mass is 335 g/mol. The van der Waals surface area contributed by atoms with Gasteiger partial charge >= 0.3 is 0 Å². The van der Waals surface area contributed by atoms with Crippen molar-refractivity contribution in [2.45, 2.75) is 12.8 Å². The van der Waals surface area contributed by atoms with Gasteiger partial charge in [-0.05, 0) is 42.3 Å². The van der Waals surface area contributed by atoms with Gasteiger partial charge in [-0.3, -0.25) is 4.79 Å². The molecule has 0 radical (unpaired) electrons. The molecule has 1 N–H and O–H groups in total. The zero-order valence-corrected chi connectivity index (χ0v) is 13.0. The Kier molecular flexibility index (Phi) is 4.67. The Morgan fingerprint density at radius 3 is 2.70 bits per heavy atom. The summed E-state index contributed by atoms with van der Waals surface area (Å²) in [7, 11) is 0. The molecule has 23 heavy (non-hydrogen) atoms. The summed E-state index contributed by atoms with van der Waals surface area (Å²) in [6, 6.07) is 9.73. The number of anilines is 1. The maximum atomic E-state index is 13.6. The molecule has 2 aromatic carbocycles. The molecule has 1 aliphatic heterocycles. The third kappa shape index (κ3) is 3.93. The van der Waals surface area contributed by atoms with Crippen molar-refractivity contribution in [1.29, 1.82) is 0 Å². The van der Waals surface area contributed by atoms with Gasteiger partial charge in [0, 0.05) is 11.4 Å². The minimum atomic E-state index is -0.551. The van der Waals surface area contributed by atoms with Crippen LogP contribution < -0.4 is 14.8 Å². The number of halogens is 2. The van der Waals surface area contributed by atoms with Crippen LogP contribution in [0.15, 0.2) is 36.4 Å². The van der Waals surface area contributed by atoms with E-state index in [4.69, 9.17) is 21.1 Å². The fourth-order valence-corrected chi connectivity index (χ4v) is 2.46. The molecule has 0 aromatic heterocycles. The molecule has 2 aromatic rings. The summed E-state index contributed by atoms with van der Waals surface area (Å²) in [5.41, 5.74) is 1.09. The summed E-state index contributed by atoms with van der Waals surface area (Å²) in [6.45, 7) is 1.06. The number of ether oxygens (including phenoxy) is 2. The van der Waals surface area contributed by atoms with Crippen molar-refractivity contribution >= 4 is 23.2 Å². The largest absolute Gasteiger partial charge is 0.486 e. The van der Waals surface area contributed by atoms with Crippen molar-refractivity contribution in [2.75, 3.05) is 18.5 Å². The molecule has 1 amide bonds. The SMILES string of the molecule is O=C(CCc1ccc2c(c1)OCCO2)Nc1ccc(Cl)cc1F. The van der Waals surface area contributed by atoms with Crippen molar-refractivity contribution in [3.63, 3.8) is 0 Å². The van der Waals surface area contributed by atoms with E-state index in [1.807, 2.05) is 18.2 Å². The van der Waals surface area contributed by atoms with Crippen LogP contribution in [0.5, 0.6) is 11.5 Å². The highest BCUT2D eigenvalue weighted by atomic mass is 35.5. The molecule has 4 nitrogen and oxygen atoms in total. The van der Waals surface area contributed by atoms with E-state index in [0.717, 1.165) is 11.6 Å². The van der Waals surface area contributed by atoms with Gasteiger partial charge < -0.3 is 14.8 Å². The van der Waals surface area contributed by atoms with E-state index in [-0.39, 0.29) is 23.0 Å². The molecule has 0 bridgehead atoms. The Bertz CT molecular complexity index is 736. The topological polar surface area (TPSA) is 47.6 Å². The number of fused-ring (bicyclic) bond motifs is 1. The van der Waals surface area contributed by atoms with Gasteiger partial charge in [0.2, 0.25) is 5.91 Å². The number of benzene rings is 2. The fraction of sp³-hybridized carbons (Fsp3) is 0.235. The average molecular weight is 336 g/mol. The Hall–Kier alpha value is -2.27. The maximum Gasteiger partial charge on any atom is 0.224 e. The molecule has 6 heteroatoms. The van der Waals surface area contributed by atoms with Crippen molar-refractivity contribution in [2.24, 2.45) is 0 Å². The Balaban J connectivity index is 1.58. The second-order valence-corrected chi connectivity index (χ2v) is 5.59.